The number of nitrogens with zero attached hydrogens (tertiary/aromatic N) is 1. The van der Waals surface area contributed by atoms with Gasteiger partial charge >= 0.3 is 0 Å². The molecule has 0 N–H and O–H groups in total. The van der Waals surface area contributed by atoms with E-state index in [1.165, 1.54) is 16.4 Å². The van der Waals surface area contributed by atoms with Gasteiger partial charge < -0.3 is 4.74 Å². The molecular weight excluding hydrogens is 466 g/mol. The van der Waals surface area contributed by atoms with Gasteiger partial charge in [0.05, 0.1) is 20.9 Å². The van der Waals surface area contributed by atoms with E-state index in [1.54, 1.807) is 13.0 Å². The van der Waals surface area contributed by atoms with E-state index in [2.05, 4.69) is 15.9 Å². The lowest BCUT2D eigenvalue weighted by Gasteiger charge is -2.19. The first kappa shape index (κ1) is 21.3. The van der Waals surface area contributed by atoms with Crippen LogP contribution >= 0.6 is 15.9 Å². The number of benzene rings is 2. The third-order valence-corrected chi connectivity index (χ3v) is 8.95. The number of hydrogen-bond acceptors (Lipinski definition) is 5. The quantitative estimate of drug-likeness (QED) is 0.617. The molecule has 1 heterocycles. The second-order valence-corrected chi connectivity index (χ2v) is 11.9. The van der Waals surface area contributed by atoms with Crippen LogP contribution in [0.4, 0.5) is 0 Å². The molecule has 28 heavy (non-hydrogen) atoms. The van der Waals surface area contributed by atoms with Crippen molar-refractivity contribution in [2.75, 3.05) is 18.1 Å². The fourth-order valence-electron chi connectivity index (χ4n) is 3.08. The molecule has 3 rings (SSSR count). The molecule has 2 aromatic rings. The van der Waals surface area contributed by atoms with E-state index in [9.17, 15) is 16.8 Å². The molecule has 0 unspecified atom stereocenters. The fraction of sp³-hybridized carbons (Fsp3) is 0.368. The van der Waals surface area contributed by atoms with E-state index in [1.807, 2.05) is 25.1 Å². The van der Waals surface area contributed by atoms with Gasteiger partial charge in [-0.15, -0.1) is 0 Å². The van der Waals surface area contributed by atoms with Crippen molar-refractivity contribution in [3.63, 3.8) is 0 Å². The number of sulfonamides is 1. The van der Waals surface area contributed by atoms with Crippen LogP contribution in [0.3, 0.4) is 0 Å². The maximum absolute atomic E-state index is 12.2. The minimum absolute atomic E-state index is 0.0197. The summed E-state index contributed by atoms with van der Waals surface area (Å²) in [6.07, 6.45) is 0.628. The summed E-state index contributed by atoms with van der Waals surface area (Å²) in [5.74, 6) is 1.24. The van der Waals surface area contributed by atoms with Gasteiger partial charge in [-0.3, -0.25) is 0 Å². The SMILES string of the molecule is CCS(=O)(=O)c1ccc(Oc2c(C)cccc2CN2CCCS2(=O)=O)c(Br)c1. The standard InChI is InChI=1S/C19H22BrNO5S2/c1-3-27(22,23)16-8-9-18(17(20)12-16)26-19-14(2)6-4-7-15(19)13-21-10-5-11-28(21,24)25/h4,6-9,12H,3,5,10-11,13H2,1-2H3. The Morgan fingerprint density at radius 3 is 2.57 bits per heavy atom. The molecule has 0 amide bonds. The molecule has 0 saturated carbocycles. The van der Waals surface area contributed by atoms with Crippen LogP contribution in [0.25, 0.3) is 0 Å². The number of rotatable bonds is 6. The molecule has 1 aliphatic heterocycles. The second kappa shape index (κ2) is 8.14. The highest BCUT2D eigenvalue weighted by molar-refractivity contribution is 9.10. The van der Waals surface area contributed by atoms with E-state index in [-0.39, 0.29) is 22.9 Å². The normalized spacial score (nSPS) is 17.0. The molecule has 0 aromatic heterocycles. The van der Waals surface area contributed by atoms with Crippen LogP contribution in [0.1, 0.15) is 24.5 Å². The van der Waals surface area contributed by atoms with Crippen molar-refractivity contribution in [1.29, 1.82) is 0 Å². The lowest BCUT2D eigenvalue weighted by Crippen LogP contribution is -2.25. The van der Waals surface area contributed by atoms with Gasteiger partial charge in [0.15, 0.2) is 9.84 Å². The molecule has 0 atom stereocenters. The summed E-state index contributed by atoms with van der Waals surface area (Å²) in [5.41, 5.74) is 1.63. The smallest absolute Gasteiger partial charge is 0.214 e. The molecular formula is C19H22BrNO5S2. The highest BCUT2D eigenvalue weighted by atomic mass is 79.9. The van der Waals surface area contributed by atoms with E-state index < -0.39 is 19.9 Å². The topological polar surface area (TPSA) is 80.8 Å². The Bertz CT molecular complexity index is 1100. The average Bonchev–Trinajstić information content (AvgIpc) is 2.97. The minimum Gasteiger partial charge on any atom is -0.456 e. The van der Waals surface area contributed by atoms with Gasteiger partial charge in [0.25, 0.3) is 0 Å². The van der Waals surface area contributed by atoms with Gasteiger partial charge in [0.2, 0.25) is 10.0 Å². The van der Waals surface area contributed by atoms with Crippen LogP contribution in [0, 0.1) is 6.92 Å². The molecule has 0 radical (unpaired) electrons. The van der Waals surface area contributed by atoms with Crippen molar-refractivity contribution in [2.45, 2.75) is 31.7 Å². The number of hydrogen-bond donors (Lipinski definition) is 0. The number of sulfone groups is 1. The predicted molar refractivity (Wildman–Crippen MR) is 112 cm³/mol. The van der Waals surface area contributed by atoms with Crippen molar-refractivity contribution < 1.29 is 21.6 Å². The third-order valence-electron chi connectivity index (χ3n) is 4.70. The average molecular weight is 488 g/mol. The molecule has 0 aliphatic carbocycles. The van der Waals surface area contributed by atoms with Crippen LogP contribution in [-0.2, 0) is 26.4 Å². The largest absolute Gasteiger partial charge is 0.456 e. The highest BCUT2D eigenvalue weighted by Crippen LogP contribution is 2.36. The molecule has 1 fully saturated rings. The highest BCUT2D eigenvalue weighted by Gasteiger charge is 2.29. The van der Waals surface area contributed by atoms with Crippen LogP contribution in [0.5, 0.6) is 11.5 Å². The van der Waals surface area contributed by atoms with Crippen LogP contribution in [0.15, 0.2) is 45.8 Å². The second-order valence-electron chi connectivity index (χ2n) is 6.66. The van der Waals surface area contributed by atoms with Crippen LogP contribution in [-0.4, -0.2) is 39.2 Å². The van der Waals surface area contributed by atoms with Crippen LogP contribution in [0.2, 0.25) is 0 Å². The predicted octanol–water partition coefficient (Wildman–Crippen LogP) is 3.88. The van der Waals surface area contributed by atoms with Gasteiger partial charge in [-0.2, -0.15) is 4.31 Å². The summed E-state index contributed by atoms with van der Waals surface area (Å²) in [6, 6.07) is 10.3. The van der Waals surface area contributed by atoms with Gasteiger partial charge in [-0.05, 0) is 53.0 Å². The molecule has 9 heteroatoms. The Hall–Kier alpha value is -1.42. The summed E-state index contributed by atoms with van der Waals surface area (Å²) in [6.45, 7) is 4.24. The monoisotopic (exact) mass is 487 g/mol. The Kier molecular flexibility index (Phi) is 6.19. The maximum atomic E-state index is 12.2. The minimum atomic E-state index is -3.31. The molecule has 152 valence electrons. The number of halogens is 1. The van der Waals surface area contributed by atoms with Gasteiger partial charge in [0.1, 0.15) is 11.5 Å². The molecule has 1 saturated heterocycles. The van der Waals surface area contributed by atoms with Gasteiger partial charge in [0, 0.05) is 18.7 Å². The van der Waals surface area contributed by atoms with E-state index in [0.717, 1.165) is 11.1 Å². The Morgan fingerprint density at radius 1 is 1.21 bits per heavy atom. The van der Waals surface area contributed by atoms with Crippen molar-refractivity contribution in [3.05, 3.63) is 52.0 Å². The zero-order valence-corrected chi connectivity index (χ0v) is 18.9. The summed E-state index contributed by atoms with van der Waals surface area (Å²) in [5, 5.41) is 0. The molecule has 1 aliphatic rings. The van der Waals surface area contributed by atoms with E-state index >= 15 is 0 Å². The lowest BCUT2D eigenvalue weighted by atomic mass is 10.1. The van der Waals surface area contributed by atoms with Crippen molar-refractivity contribution in [1.82, 2.24) is 4.31 Å². The summed E-state index contributed by atoms with van der Waals surface area (Å²) >= 11 is 3.39. The number of para-hydroxylation sites is 1. The van der Waals surface area contributed by atoms with Crippen LogP contribution < -0.4 is 4.74 Å². The first-order chi connectivity index (χ1) is 13.1. The first-order valence-electron chi connectivity index (χ1n) is 8.90. The molecule has 0 bridgehead atoms. The Balaban J connectivity index is 1.93. The molecule has 0 spiro atoms. The number of aryl methyl sites for hydroxylation is 1. The third kappa shape index (κ3) is 4.42. The molecule has 2 aromatic carbocycles. The summed E-state index contributed by atoms with van der Waals surface area (Å²) in [4.78, 5) is 0.224. The maximum Gasteiger partial charge on any atom is 0.214 e. The van der Waals surface area contributed by atoms with Gasteiger partial charge in [-0.25, -0.2) is 16.8 Å². The zero-order chi connectivity index (χ0) is 20.5. The van der Waals surface area contributed by atoms with Crippen molar-refractivity contribution >= 4 is 35.8 Å². The Morgan fingerprint density at radius 2 is 1.96 bits per heavy atom. The summed E-state index contributed by atoms with van der Waals surface area (Å²) in [7, 11) is -6.53. The lowest BCUT2D eigenvalue weighted by molar-refractivity contribution is 0.419. The Labute approximate surface area is 174 Å². The van der Waals surface area contributed by atoms with E-state index in [4.69, 9.17) is 4.74 Å². The zero-order valence-electron chi connectivity index (χ0n) is 15.7. The van der Waals surface area contributed by atoms with E-state index in [0.29, 0.717) is 28.9 Å². The fourth-order valence-corrected chi connectivity index (χ4v) is 6.09. The van der Waals surface area contributed by atoms with Gasteiger partial charge in [-0.1, -0.05) is 25.1 Å². The van der Waals surface area contributed by atoms with Crippen molar-refractivity contribution in [2.24, 2.45) is 0 Å². The molecule has 6 nitrogen and oxygen atoms in total. The first-order valence-corrected chi connectivity index (χ1v) is 13.0. The summed E-state index contributed by atoms with van der Waals surface area (Å²) < 4.78 is 56.5. The number of ether oxygens (including phenoxy) is 1. The van der Waals surface area contributed by atoms with Crippen molar-refractivity contribution in [3.8, 4) is 11.5 Å².